The molecule has 0 N–H and O–H groups in total. The van der Waals surface area contributed by atoms with Crippen molar-refractivity contribution in [2.75, 3.05) is 19.0 Å². The first-order chi connectivity index (χ1) is 13.4. The lowest BCUT2D eigenvalue weighted by Crippen LogP contribution is -2.23. The molecule has 2 aromatic carbocycles. The third-order valence-corrected chi connectivity index (χ3v) is 4.53. The zero-order chi connectivity index (χ0) is 20.3. The lowest BCUT2D eigenvalue weighted by molar-refractivity contribution is 0.130. The largest absolute Gasteiger partial charge is 0.391 e. The number of aromatic nitrogens is 4. The summed E-state index contributed by atoms with van der Waals surface area (Å²) in [6.07, 6.45) is 0. The highest BCUT2D eigenvalue weighted by molar-refractivity contribution is 5.99. The molecule has 0 spiro atoms. The molecule has 0 amide bonds. The van der Waals surface area contributed by atoms with E-state index >= 15 is 0 Å². The van der Waals surface area contributed by atoms with Gasteiger partial charge in [-0.1, -0.05) is 29.4 Å². The summed E-state index contributed by atoms with van der Waals surface area (Å²) in [6, 6.07) is 13.7. The molecule has 0 aliphatic carbocycles. The molecule has 0 bridgehead atoms. The third-order valence-electron chi connectivity index (χ3n) is 4.53. The van der Waals surface area contributed by atoms with Gasteiger partial charge in [-0.15, -0.1) is 0 Å². The Morgan fingerprint density at radius 3 is 2.61 bits per heavy atom. The van der Waals surface area contributed by atoms with Crippen molar-refractivity contribution in [1.82, 2.24) is 19.8 Å². The maximum atomic E-state index is 12.2. The smallest absolute Gasteiger partial charge is 0.368 e. The van der Waals surface area contributed by atoms with E-state index in [0.29, 0.717) is 5.69 Å². The van der Waals surface area contributed by atoms with Crippen LogP contribution in [0.5, 0.6) is 0 Å². The van der Waals surface area contributed by atoms with Gasteiger partial charge in [-0.3, -0.25) is 0 Å². The van der Waals surface area contributed by atoms with Gasteiger partial charge in [-0.05, 0) is 48.0 Å². The van der Waals surface area contributed by atoms with Crippen molar-refractivity contribution in [2.24, 2.45) is 12.2 Å². The Bertz CT molecular complexity index is 1060. The summed E-state index contributed by atoms with van der Waals surface area (Å²) in [4.78, 5) is 19.9. The number of anilines is 1. The van der Waals surface area contributed by atoms with E-state index in [1.807, 2.05) is 69.2 Å². The minimum Gasteiger partial charge on any atom is -0.391 e. The number of tetrazole rings is 1. The molecule has 0 atom stereocenters. The van der Waals surface area contributed by atoms with Crippen LogP contribution >= 0.6 is 0 Å². The fraction of sp³-hybridized carbons (Fsp3) is 0.300. The van der Waals surface area contributed by atoms with Crippen LogP contribution in [0.1, 0.15) is 23.6 Å². The van der Waals surface area contributed by atoms with E-state index in [0.717, 1.165) is 28.1 Å². The van der Waals surface area contributed by atoms with Gasteiger partial charge in [0.15, 0.2) is 0 Å². The molecule has 0 aliphatic heterocycles. The van der Waals surface area contributed by atoms with Crippen molar-refractivity contribution in [1.29, 1.82) is 0 Å². The molecule has 0 radical (unpaired) electrons. The molecule has 0 fully saturated rings. The molecule has 28 heavy (non-hydrogen) atoms. The zero-order valence-corrected chi connectivity index (χ0v) is 16.7. The van der Waals surface area contributed by atoms with Crippen molar-refractivity contribution in [3.63, 3.8) is 0 Å². The van der Waals surface area contributed by atoms with Crippen LogP contribution in [0.4, 0.5) is 5.69 Å². The van der Waals surface area contributed by atoms with Gasteiger partial charge in [0.1, 0.15) is 6.61 Å². The van der Waals surface area contributed by atoms with Gasteiger partial charge >= 0.3 is 5.69 Å². The fourth-order valence-corrected chi connectivity index (χ4v) is 2.79. The van der Waals surface area contributed by atoms with Crippen molar-refractivity contribution in [2.45, 2.75) is 20.5 Å². The molecule has 3 aromatic rings. The van der Waals surface area contributed by atoms with Crippen LogP contribution in [0.15, 0.2) is 52.4 Å². The lowest BCUT2D eigenvalue weighted by Gasteiger charge is -2.13. The van der Waals surface area contributed by atoms with Gasteiger partial charge in [0.05, 0.1) is 11.4 Å². The maximum absolute atomic E-state index is 12.2. The summed E-state index contributed by atoms with van der Waals surface area (Å²) in [6.45, 7) is 4.08. The SMILES string of the molecule is CC(=NOCc1c(C)cccc1-n1nnn(C)c1=O)c1cccc(N(C)C)c1. The molecule has 1 aromatic heterocycles. The number of oxime groups is 1. The Hall–Kier alpha value is -3.42. The molecule has 8 heteroatoms. The quantitative estimate of drug-likeness (QED) is 0.484. The molecule has 0 saturated carbocycles. The average Bonchev–Trinajstić information content (AvgIpc) is 3.01. The van der Waals surface area contributed by atoms with Crippen LogP contribution in [0, 0.1) is 6.92 Å². The number of aryl methyl sites for hydroxylation is 2. The highest BCUT2D eigenvalue weighted by Gasteiger charge is 2.13. The summed E-state index contributed by atoms with van der Waals surface area (Å²) in [5.74, 6) is 0. The van der Waals surface area contributed by atoms with E-state index in [9.17, 15) is 4.79 Å². The predicted octanol–water partition coefficient (Wildman–Crippen LogP) is 2.28. The van der Waals surface area contributed by atoms with E-state index in [4.69, 9.17) is 4.84 Å². The monoisotopic (exact) mass is 380 g/mol. The van der Waals surface area contributed by atoms with Crippen LogP contribution in [-0.4, -0.2) is 39.6 Å². The molecular formula is C20H24N6O2. The lowest BCUT2D eigenvalue weighted by atomic mass is 10.1. The van der Waals surface area contributed by atoms with Gasteiger partial charge < -0.3 is 9.74 Å². The first kappa shape index (κ1) is 19.3. The minimum atomic E-state index is -0.313. The van der Waals surface area contributed by atoms with Crippen LogP contribution < -0.4 is 10.6 Å². The Morgan fingerprint density at radius 1 is 1.18 bits per heavy atom. The van der Waals surface area contributed by atoms with Gasteiger partial charge in [0, 0.05) is 38.0 Å². The van der Waals surface area contributed by atoms with Gasteiger partial charge in [0.25, 0.3) is 0 Å². The number of hydrogen-bond acceptors (Lipinski definition) is 6. The summed E-state index contributed by atoms with van der Waals surface area (Å²) in [5, 5.41) is 12.0. The van der Waals surface area contributed by atoms with E-state index in [2.05, 4.69) is 21.6 Å². The topological polar surface area (TPSA) is 77.5 Å². The van der Waals surface area contributed by atoms with Crippen molar-refractivity contribution in [3.05, 3.63) is 69.6 Å². The predicted molar refractivity (Wildman–Crippen MR) is 109 cm³/mol. The minimum absolute atomic E-state index is 0.218. The highest BCUT2D eigenvalue weighted by atomic mass is 16.6. The molecule has 8 nitrogen and oxygen atoms in total. The van der Waals surface area contributed by atoms with Crippen molar-refractivity contribution < 1.29 is 4.84 Å². The van der Waals surface area contributed by atoms with E-state index in [1.54, 1.807) is 7.05 Å². The molecule has 146 valence electrons. The van der Waals surface area contributed by atoms with Gasteiger partial charge in [-0.25, -0.2) is 4.79 Å². The molecule has 1 heterocycles. The molecule has 0 unspecified atom stereocenters. The maximum Gasteiger partial charge on any atom is 0.368 e. The number of nitrogens with zero attached hydrogens (tertiary/aromatic N) is 6. The van der Waals surface area contributed by atoms with Crippen molar-refractivity contribution >= 4 is 11.4 Å². The third kappa shape index (κ3) is 3.95. The summed E-state index contributed by atoms with van der Waals surface area (Å²) in [7, 11) is 5.56. The number of rotatable bonds is 6. The summed E-state index contributed by atoms with van der Waals surface area (Å²) >= 11 is 0. The normalized spacial score (nSPS) is 11.5. The van der Waals surface area contributed by atoms with E-state index in [-0.39, 0.29) is 12.3 Å². The highest BCUT2D eigenvalue weighted by Crippen LogP contribution is 2.19. The average molecular weight is 380 g/mol. The fourth-order valence-electron chi connectivity index (χ4n) is 2.79. The molecule has 0 saturated heterocycles. The number of benzene rings is 2. The standard InChI is InChI=1S/C20H24N6O2/c1-14-8-6-11-19(26-20(27)25(5)22-23-26)18(14)13-28-21-15(2)16-9-7-10-17(12-16)24(3)4/h6-12H,13H2,1-5H3. The van der Waals surface area contributed by atoms with Gasteiger partial charge in [-0.2, -0.15) is 9.36 Å². The van der Waals surface area contributed by atoms with Crippen LogP contribution in [0.25, 0.3) is 5.69 Å². The van der Waals surface area contributed by atoms with Crippen LogP contribution in [0.3, 0.4) is 0 Å². The molecular weight excluding hydrogens is 356 g/mol. The second-order valence-electron chi connectivity index (χ2n) is 6.76. The summed E-state index contributed by atoms with van der Waals surface area (Å²) < 4.78 is 2.45. The summed E-state index contributed by atoms with van der Waals surface area (Å²) in [5.41, 5.74) is 5.00. The van der Waals surface area contributed by atoms with E-state index < -0.39 is 0 Å². The number of hydrogen-bond donors (Lipinski definition) is 0. The first-order valence-corrected chi connectivity index (χ1v) is 8.90. The second-order valence-corrected chi connectivity index (χ2v) is 6.76. The van der Waals surface area contributed by atoms with Crippen LogP contribution in [-0.2, 0) is 18.5 Å². The van der Waals surface area contributed by atoms with Crippen molar-refractivity contribution in [3.8, 4) is 5.69 Å². The first-order valence-electron chi connectivity index (χ1n) is 8.90. The van der Waals surface area contributed by atoms with E-state index in [1.165, 1.54) is 9.36 Å². The Balaban J connectivity index is 1.83. The second kappa shape index (κ2) is 8.08. The Labute approximate surface area is 163 Å². The Morgan fingerprint density at radius 2 is 1.93 bits per heavy atom. The zero-order valence-electron chi connectivity index (χ0n) is 16.7. The Kier molecular flexibility index (Phi) is 5.58. The van der Waals surface area contributed by atoms with Crippen LogP contribution in [0.2, 0.25) is 0 Å². The molecule has 3 rings (SSSR count). The van der Waals surface area contributed by atoms with Gasteiger partial charge in [0.2, 0.25) is 0 Å². The molecule has 0 aliphatic rings.